The van der Waals surface area contributed by atoms with Crippen LogP contribution in [0, 0.1) is 13.8 Å². The van der Waals surface area contributed by atoms with Crippen molar-refractivity contribution in [2.45, 2.75) is 45.4 Å². The van der Waals surface area contributed by atoms with Gasteiger partial charge < -0.3 is 10.2 Å². The van der Waals surface area contributed by atoms with Gasteiger partial charge in [0, 0.05) is 6.54 Å². The second-order valence-electron chi connectivity index (χ2n) is 5.35. The molecule has 1 aliphatic heterocycles. The zero-order valence-corrected chi connectivity index (χ0v) is 11.3. The Morgan fingerprint density at radius 3 is 2.72 bits per heavy atom. The van der Waals surface area contributed by atoms with Crippen molar-refractivity contribution in [3.05, 3.63) is 34.9 Å². The summed E-state index contributed by atoms with van der Waals surface area (Å²) in [5.41, 5.74) is 3.85. The van der Waals surface area contributed by atoms with E-state index < -0.39 is 6.10 Å². The highest BCUT2D eigenvalue weighted by Crippen LogP contribution is 2.21. The van der Waals surface area contributed by atoms with Crippen molar-refractivity contribution in [3.63, 3.8) is 0 Å². The minimum Gasteiger partial charge on any atom is -0.395 e. The van der Waals surface area contributed by atoms with Crippen LogP contribution >= 0.6 is 0 Å². The molecule has 100 valence electrons. The molecular weight excluding hydrogens is 226 g/mol. The molecule has 0 aromatic heterocycles. The molecule has 0 aliphatic carbocycles. The van der Waals surface area contributed by atoms with Gasteiger partial charge in [-0.25, -0.2) is 0 Å². The van der Waals surface area contributed by atoms with Gasteiger partial charge in [-0.3, -0.25) is 4.90 Å². The summed E-state index contributed by atoms with van der Waals surface area (Å²) in [7, 11) is 0. The summed E-state index contributed by atoms with van der Waals surface area (Å²) in [5, 5.41) is 19.3. The minimum atomic E-state index is -0.393. The van der Waals surface area contributed by atoms with Crippen LogP contribution < -0.4 is 0 Å². The first-order chi connectivity index (χ1) is 8.61. The second kappa shape index (κ2) is 5.83. The largest absolute Gasteiger partial charge is 0.395 e. The molecule has 0 amide bonds. The molecule has 0 bridgehead atoms. The molecule has 3 nitrogen and oxygen atoms in total. The Labute approximate surface area is 109 Å². The molecule has 2 unspecified atom stereocenters. The molecule has 2 atom stereocenters. The van der Waals surface area contributed by atoms with Crippen molar-refractivity contribution in [1.29, 1.82) is 0 Å². The molecule has 1 aromatic carbocycles. The first kappa shape index (κ1) is 13.5. The molecule has 1 aliphatic rings. The number of rotatable bonds is 3. The Morgan fingerprint density at radius 1 is 1.28 bits per heavy atom. The van der Waals surface area contributed by atoms with Crippen molar-refractivity contribution in [3.8, 4) is 0 Å². The van der Waals surface area contributed by atoms with E-state index in [1.54, 1.807) is 0 Å². The van der Waals surface area contributed by atoms with Crippen LogP contribution in [0.5, 0.6) is 0 Å². The maximum absolute atomic E-state index is 9.91. The van der Waals surface area contributed by atoms with Gasteiger partial charge in [-0.2, -0.15) is 0 Å². The number of benzene rings is 1. The summed E-state index contributed by atoms with van der Waals surface area (Å²) in [6.45, 7) is 6.03. The van der Waals surface area contributed by atoms with E-state index in [-0.39, 0.29) is 12.6 Å². The summed E-state index contributed by atoms with van der Waals surface area (Å²) in [6.07, 6.45) is 1.41. The van der Waals surface area contributed by atoms with Crippen molar-refractivity contribution < 1.29 is 10.2 Å². The van der Waals surface area contributed by atoms with Crippen LogP contribution in [0.25, 0.3) is 0 Å². The molecule has 0 radical (unpaired) electrons. The molecule has 3 heteroatoms. The average Bonchev–Trinajstić information content (AvgIpc) is 2.34. The van der Waals surface area contributed by atoms with Crippen LogP contribution in [0.2, 0.25) is 0 Å². The summed E-state index contributed by atoms with van der Waals surface area (Å²) in [4.78, 5) is 2.19. The molecule has 1 saturated heterocycles. The van der Waals surface area contributed by atoms with Gasteiger partial charge in [0.25, 0.3) is 0 Å². The fourth-order valence-electron chi connectivity index (χ4n) is 2.67. The van der Waals surface area contributed by atoms with Crippen LogP contribution in [-0.2, 0) is 6.54 Å². The number of nitrogens with zero attached hydrogens (tertiary/aromatic N) is 1. The fourth-order valence-corrected chi connectivity index (χ4v) is 2.67. The third-order valence-corrected chi connectivity index (χ3v) is 4.00. The monoisotopic (exact) mass is 249 g/mol. The molecule has 0 spiro atoms. The predicted octanol–water partition coefficient (Wildman–Crippen LogP) is 1.62. The molecular formula is C15H23NO2. The highest BCUT2D eigenvalue weighted by molar-refractivity contribution is 5.29. The number of aryl methyl sites for hydroxylation is 2. The van der Waals surface area contributed by atoms with Gasteiger partial charge >= 0.3 is 0 Å². The van der Waals surface area contributed by atoms with Gasteiger partial charge in [0.2, 0.25) is 0 Å². The smallest absolute Gasteiger partial charge is 0.0718 e. The number of aliphatic hydroxyl groups is 2. The lowest BCUT2D eigenvalue weighted by Crippen LogP contribution is -2.49. The normalized spacial score (nSPS) is 25.3. The Morgan fingerprint density at radius 2 is 2.06 bits per heavy atom. The first-order valence-corrected chi connectivity index (χ1v) is 6.71. The Balaban J connectivity index is 2.09. The van der Waals surface area contributed by atoms with E-state index in [4.69, 9.17) is 0 Å². The number of hydrogen-bond donors (Lipinski definition) is 2. The van der Waals surface area contributed by atoms with Gasteiger partial charge in [-0.15, -0.1) is 0 Å². The first-order valence-electron chi connectivity index (χ1n) is 6.71. The van der Waals surface area contributed by atoms with Crippen molar-refractivity contribution in [2.75, 3.05) is 13.2 Å². The van der Waals surface area contributed by atoms with Crippen LogP contribution in [-0.4, -0.2) is 40.4 Å². The summed E-state index contributed by atoms with van der Waals surface area (Å²) < 4.78 is 0. The number of hydrogen-bond acceptors (Lipinski definition) is 3. The maximum Gasteiger partial charge on any atom is 0.0718 e. The van der Waals surface area contributed by atoms with Crippen molar-refractivity contribution >= 4 is 0 Å². The van der Waals surface area contributed by atoms with Crippen LogP contribution in [0.1, 0.15) is 29.5 Å². The van der Waals surface area contributed by atoms with E-state index in [0.717, 1.165) is 25.9 Å². The molecule has 18 heavy (non-hydrogen) atoms. The lowest BCUT2D eigenvalue weighted by molar-refractivity contribution is -0.0197. The zero-order valence-electron chi connectivity index (χ0n) is 11.3. The quantitative estimate of drug-likeness (QED) is 0.855. The van der Waals surface area contributed by atoms with E-state index in [2.05, 4.69) is 36.9 Å². The van der Waals surface area contributed by atoms with Crippen LogP contribution in [0.3, 0.4) is 0 Å². The minimum absolute atomic E-state index is 0.0337. The van der Waals surface area contributed by atoms with E-state index in [0.29, 0.717) is 0 Å². The van der Waals surface area contributed by atoms with Gasteiger partial charge in [0.15, 0.2) is 0 Å². The van der Waals surface area contributed by atoms with Crippen molar-refractivity contribution in [1.82, 2.24) is 4.90 Å². The van der Waals surface area contributed by atoms with Gasteiger partial charge in [-0.05, 0) is 49.9 Å². The topological polar surface area (TPSA) is 43.7 Å². The van der Waals surface area contributed by atoms with Gasteiger partial charge in [-0.1, -0.05) is 18.2 Å². The van der Waals surface area contributed by atoms with Gasteiger partial charge in [0.1, 0.15) is 0 Å². The van der Waals surface area contributed by atoms with Gasteiger partial charge in [0.05, 0.1) is 18.8 Å². The number of piperidine rings is 1. The number of aliphatic hydroxyl groups excluding tert-OH is 2. The fraction of sp³-hybridized carbons (Fsp3) is 0.600. The molecule has 2 N–H and O–H groups in total. The SMILES string of the molecule is Cc1ccc(CN2CCCC(O)C2CO)cc1C. The third kappa shape index (κ3) is 2.91. The standard InChI is InChI=1S/C15H23NO2/c1-11-5-6-13(8-12(11)2)9-16-7-3-4-15(18)14(16)10-17/h5-6,8,14-15,17-18H,3-4,7,9-10H2,1-2H3. The average molecular weight is 249 g/mol. The Kier molecular flexibility index (Phi) is 4.38. The Hall–Kier alpha value is -0.900. The number of likely N-dealkylation sites (tertiary alicyclic amines) is 1. The second-order valence-corrected chi connectivity index (χ2v) is 5.35. The summed E-state index contributed by atoms with van der Waals surface area (Å²) in [5.74, 6) is 0. The predicted molar refractivity (Wildman–Crippen MR) is 72.4 cm³/mol. The van der Waals surface area contributed by atoms with E-state index >= 15 is 0 Å². The summed E-state index contributed by atoms with van der Waals surface area (Å²) >= 11 is 0. The van der Waals surface area contributed by atoms with E-state index in [1.807, 2.05) is 0 Å². The summed E-state index contributed by atoms with van der Waals surface area (Å²) in [6, 6.07) is 6.36. The van der Waals surface area contributed by atoms with E-state index in [9.17, 15) is 10.2 Å². The third-order valence-electron chi connectivity index (χ3n) is 4.00. The van der Waals surface area contributed by atoms with Crippen LogP contribution in [0.4, 0.5) is 0 Å². The molecule has 0 saturated carbocycles. The van der Waals surface area contributed by atoms with E-state index in [1.165, 1.54) is 16.7 Å². The molecule has 2 rings (SSSR count). The lowest BCUT2D eigenvalue weighted by Gasteiger charge is -2.38. The zero-order chi connectivity index (χ0) is 13.1. The van der Waals surface area contributed by atoms with Crippen molar-refractivity contribution in [2.24, 2.45) is 0 Å². The highest BCUT2D eigenvalue weighted by atomic mass is 16.3. The van der Waals surface area contributed by atoms with Crippen LogP contribution in [0.15, 0.2) is 18.2 Å². The Bertz CT molecular complexity index is 405. The maximum atomic E-state index is 9.91. The highest BCUT2D eigenvalue weighted by Gasteiger charge is 2.29. The molecule has 1 aromatic rings. The lowest BCUT2D eigenvalue weighted by atomic mass is 9.98. The molecule has 1 heterocycles. The molecule has 1 fully saturated rings.